The van der Waals surface area contributed by atoms with E-state index in [4.69, 9.17) is 8.83 Å². The highest BCUT2D eigenvalue weighted by molar-refractivity contribution is 6.24. The summed E-state index contributed by atoms with van der Waals surface area (Å²) in [4.78, 5) is 2.34. The zero-order chi connectivity index (χ0) is 40.3. The fraction of sp³-hybridized carbons (Fsp3) is 0. The van der Waals surface area contributed by atoms with Crippen LogP contribution in [-0.4, -0.2) is 0 Å². The van der Waals surface area contributed by atoms with Gasteiger partial charge < -0.3 is 13.7 Å². The van der Waals surface area contributed by atoms with Crippen molar-refractivity contribution in [2.24, 2.45) is 0 Å². The van der Waals surface area contributed by atoms with Gasteiger partial charge in [0.1, 0.15) is 22.3 Å². The maximum Gasteiger partial charge on any atom is 0.143 e. The molecule has 0 saturated carbocycles. The molecule has 0 aliphatic rings. The average molecular weight is 780 g/mol. The van der Waals surface area contributed by atoms with Crippen molar-refractivity contribution < 1.29 is 8.83 Å². The molecule has 61 heavy (non-hydrogen) atoms. The Balaban J connectivity index is 1.03. The minimum Gasteiger partial charge on any atom is -0.455 e. The predicted molar refractivity (Wildman–Crippen MR) is 255 cm³/mol. The van der Waals surface area contributed by atoms with E-state index in [0.29, 0.717) is 0 Å². The topological polar surface area (TPSA) is 29.5 Å². The van der Waals surface area contributed by atoms with Crippen LogP contribution in [0.15, 0.2) is 233 Å². The summed E-state index contributed by atoms with van der Waals surface area (Å²) in [5.41, 5.74) is 15.8. The molecule has 2 heterocycles. The van der Waals surface area contributed by atoms with Gasteiger partial charge >= 0.3 is 0 Å². The fourth-order valence-corrected chi connectivity index (χ4v) is 9.15. The van der Waals surface area contributed by atoms with Crippen LogP contribution in [0.3, 0.4) is 0 Å². The van der Waals surface area contributed by atoms with Crippen LogP contribution in [-0.2, 0) is 0 Å². The Kier molecular flexibility index (Phi) is 8.17. The Bertz CT molecular complexity index is 3550. The summed E-state index contributed by atoms with van der Waals surface area (Å²) < 4.78 is 13.8. The lowest BCUT2D eigenvalue weighted by Gasteiger charge is -2.26. The number of hydrogen-bond acceptors (Lipinski definition) is 3. The second-order valence-electron chi connectivity index (χ2n) is 15.6. The summed E-state index contributed by atoms with van der Waals surface area (Å²) in [6.07, 6.45) is 0. The van der Waals surface area contributed by atoms with Gasteiger partial charge in [-0.05, 0) is 98.9 Å². The Morgan fingerprint density at radius 3 is 1.49 bits per heavy atom. The summed E-state index contributed by atoms with van der Waals surface area (Å²) >= 11 is 0. The summed E-state index contributed by atoms with van der Waals surface area (Å²) in [5, 5.41) is 6.47. The molecule has 0 saturated heterocycles. The molecule has 10 aromatic carbocycles. The van der Waals surface area contributed by atoms with Crippen molar-refractivity contribution in [1.82, 2.24) is 0 Å². The molecule has 2 aromatic heterocycles. The second-order valence-corrected chi connectivity index (χ2v) is 15.6. The van der Waals surface area contributed by atoms with Gasteiger partial charge in [0, 0.05) is 38.5 Å². The zero-order valence-electron chi connectivity index (χ0n) is 33.1. The number of furan rings is 2. The van der Waals surface area contributed by atoms with Crippen LogP contribution in [0.25, 0.3) is 99.2 Å². The number of hydrogen-bond donors (Lipinski definition) is 0. The third kappa shape index (κ3) is 5.90. The molecule has 0 amide bonds. The summed E-state index contributed by atoms with van der Waals surface area (Å²) in [5.74, 6) is 0. The normalized spacial score (nSPS) is 11.6. The number of rotatable bonds is 7. The highest BCUT2D eigenvalue weighted by atomic mass is 16.3. The minimum atomic E-state index is 0.836. The van der Waals surface area contributed by atoms with Gasteiger partial charge in [0.2, 0.25) is 0 Å². The molecule has 0 aliphatic carbocycles. The Morgan fingerprint density at radius 1 is 0.279 bits per heavy atom. The predicted octanol–water partition coefficient (Wildman–Crippen LogP) is 16.8. The molecule has 0 fully saturated rings. The SMILES string of the molecule is c1ccc(-c2ccc(-c3ccc4c(c3)oc3c(-c5cc6c(oc7cccc(N(c8ccccc8)c8ccc(-c9ccccc9)cc8)c76)c6ccccc56)cccc34)cc2)cc1. The molecular weight excluding hydrogens is 743 g/mol. The molecule has 12 rings (SSSR count). The number of fused-ring (bicyclic) bond motifs is 8. The molecule has 0 N–H and O–H groups in total. The highest BCUT2D eigenvalue weighted by Gasteiger charge is 2.23. The number of anilines is 3. The zero-order valence-corrected chi connectivity index (χ0v) is 33.1. The second kappa shape index (κ2) is 14.3. The Labute approximate surface area is 353 Å². The lowest BCUT2D eigenvalue weighted by Crippen LogP contribution is -2.10. The first-order chi connectivity index (χ1) is 30.2. The van der Waals surface area contributed by atoms with Crippen LogP contribution < -0.4 is 4.90 Å². The standard InChI is InChI=1S/C58H37NO2/c1-4-14-38(15-5-1)40-26-28-42(29-27-40)43-32-35-47-49-22-12-23-50(57(49)61-55(47)36-43)51-37-52-56-53(24-13-25-54(56)60-58(52)48-21-11-10-20-46(48)51)59(44-18-8-3-9-19-44)45-33-30-41(31-34-45)39-16-6-2-7-17-39/h1-37H. The number of nitrogens with zero attached hydrogens (tertiary/aromatic N) is 1. The van der Waals surface area contributed by atoms with Crippen molar-refractivity contribution in [1.29, 1.82) is 0 Å². The summed E-state index contributed by atoms with van der Waals surface area (Å²) in [6, 6.07) is 79.6. The van der Waals surface area contributed by atoms with Crippen molar-refractivity contribution in [3.05, 3.63) is 224 Å². The highest BCUT2D eigenvalue weighted by Crippen LogP contribution is 2.48. The van der Waals surface area contributed by atoms with Crippen LogP contribution in [0.2, 0.25) is 0 Å². The molecule has 286 valence electrons. The van der Waals surface area contributed by atoms with E-state index in [0.717, 1.165) is 94.0 Å². The summed E-state index contributed by atoms with van der Waals surface area (Å²) in [7, 11) is 0. The molecule has 12 aromatic rings. The monoisotopic (exact) mass is 779 g/mol. The maximum absolute atomic E-state index is 6.91. The van der Waals surface area contributed by atoms with Gasteiger partial charge in [0.15, 0.2) is 0 Å². The van der Waals surface area contributed by atoms with E-state index in [9.17, 15) is 0 Å². The van der Waals surface area contributed by atoms with Crippen molar-refractivity contribution in [3.63, 3.8) is 0 Å². The molecule has 0 radical (unpaired) electrons. The van der Waals surface area contributed by atoms with Crippen LogP contribution >= 0.6 is 0 Å². The van der Waals surface area contributed by atoms with Crippen molar-refractivity contribution in [2.75, 3.05) is 4.90 Å². The van der Waals surface area contributed by atoms with E-state index >= 15 is 0 Å². The number of benzene rings is 10. The van der Waals surface area contributed by atoms with Crippen molar-refractivity contribution >= 4 is 71.7 Å². The smallest absolute Gasteiger partial charge is 0.143 e. The molecule has 0 spiro atoms. The molecule has 0 aliphatic heterocycles. The minimum absolute atomic E-state index is 0.836. The number of para-hydroxylation sites is 2. The van der Waals surface area contributed by atoms with Gasteiger partial charge in [-0.15, -0.1) is 0 Å². The third-order valence-electron chi connectivity index (χ3n) is 12.1. The van der Waals surface area contributed by atoms with Gasteiger partial charge in [-0.3, -0.25) is 0 Å². The van der Waals surface area contributed by atoms with Gasteiger partial charge in [0.05, 0.1) is 11.1 Å². The maximum atomic E-state index is 6.91. The third-order valence-corrected chi connectivity index (χ3v) is 12.1. The molecular formula is C58H37NO2. The Morgan fingerprint density at radius 2 is 0.787 bits per heavy atom. The van der Waals surface area contributed by atoms with E-state index in [1.165, 1.54) is 22.3 Å². The van der Waals surface area contributed by atoms with Gasteiger partial charge in [0.25, 0.3) is 0 Å². The van der Waals surface area contributed by atoms with Crippen molar-refractivity contribution in [3.8, 4) is 44.5 Å². The van der Waals surface area contributed by atoms with E-state index in [-0.39, 0.29) is 0 Å². The molecule has 0 unspecified atom stereocenters. The first kappa shape index (κ1) is 34.9. The quantitative estimate of drug-likeness (QED) is 0.161. The molecule has 0 atom stereocenters. The lowest BCUT2D eigenvalue weighted by atomic mass is 9.93. The van der Waals surface area contributed by atoms with E-state index in [1.54, 1.807) is 0 Å². The van der Waals surface area contributed by atoms with Gasteiger partial charge in [-0.1, -0.05) is 170 Å². The fourth-order valence-electron chi connectivity index (χ4n) is 9.15. The average Bonchev–Trinajstić information content (AvgIpc) is 3.91. The van der Waals surface area contributed by atoms with Crippen LogP contribution in [0.5, 0.6) is 0 Å². The Hall–Kier alpha value is -8.14. The van der Waals surface area contributed by atoms with Crippen molar-refractivity contribution in [2.45, 2.75) is 0 Å². The summed E-state index contributed by atoms with van der Waals surface area (Å²) in [6.45, 7) is 0. The van der Waals surface area contributed by atoms with Crippen LogP contribution in [0, 0.1) is 0 Å². The first-order valence-corrected chi connectivity index (χ1v) is 20.7. The van der Waals surface area contributed by atoms with E-state index < -0.39 is 0 Å². The largest absolute Gasteiger partial charge is 0.455 e. The molecule has 3 heteroatoms. The lowest BCUT2D eigenvalue weighted by molar-refractivity contribution is 0.670. The molecule has 3 nitrogen and oxygen atoms in total. The molecule has 0 bridgehead atoms. The van der Waals surface area contributed by atoms with Crippen LogP contribution in [0.1, 0.15) is 0 Å². The van der Waals surface area contributed by atoms with Gasteiger partial charge in [-0.2, -0.15) is 0 Å². The first-order valence-electron chi connectivity index (χ1n) is 20.7. The van der Waals surface area contributed by atoms with E-state index in [2.05, 4.69) is 229 Å². The van der Waals surface area contributed by atoms with Gasteiger partial charge in [-0.25, -0.2) is 0 Å². The van der Waals surface area contributed by atoms with E-state index in [1.807, 2.05) is 0 Å². The van der Waals surface area contributed by atoms with Crippen LogP contribution in [0.4, 0.5) is 17.1 Å².